The van der Waals surface area contributed by atoms with E-state index >= 15 is 0 Å². The molecule has 0 amide bonds. The average Bonchev–Trinajstić information content (AvgIpc) is 2.45. The minimum Gasteiger partial charge on any atom is -0.375 e. The van der Waals surface area contributed by atoms with E-state index in [-0.39, 0.29) is 10.9 Å². The van der Waals surface area contributed by atoms with Gasteiger partial charge in [-0.3, -0.25) is 4.55 Å². The third-order valence-electron chi connectivity index (χ3n) is 2.85. The normalized spacial score (nSPS) is 12.7. The first-order valence-corrected chi connectivity index (χ1v) is 7.46. The van der Waals surface area contributed by atoms with Gasteiger partial charge in [-0.05, 0) is 23.8 Å². The Kier molecular flexibility index (Phi) is 4.22. The highest BCUT2D eigenvalue weighted by Crippen LogP contribution is 2.22. The van der Waals surface area contributed by atoms with Gasteiger partial charge in [0.05, 0.1) is 10.9 Å². The Balaban J connectivity index is 2.27. The van der Waals surface area contributed by atoms with Gasteiger partial charge in [0.1, 0.15) is 0 Å². The summed E-state index contributed by atoms with van der Waals surface area (Å²) < 4.78 is 31.3. The summed E-state index contributed by atoms with van der Waals surface area (Å²) in [6.45, 7) is 3.77. The summed E-state index contributed by atoms with van der Waals surface area (Å²) in [6.07, 6.45) is 1.73. The number of anilines is 1. The first-order valence-electron chi connectivity index (χ1n) is 6.02. The molecule has 0 aliphatic heterocycles. The summed E-state index contributed by atoms with van der Waals surface area (Å²) >= 11 is 0. The van der Waals surface area contributed by atoms with Crippen molar-refractivity contribution in [2.75, 3.05) is 5.32 Å². The SMILES string of the molecule is C=CC(Nc1cccc(S(=O)(=O)O)c1)c1ccccc1. The highest BCUT2D eigenvalue weighted by molar-refractivity contribution is 7.85. The van der Waals surface area contributed by atoms with Crippen molar-refractivity contribution in [2.24, 2.45) is 0 Å². The second-order valence-electron chi connectivity index (χ2n) is 4.27. The van der Waals surface area contributed by atoms with E-state index in [1.165, 1.54) is 12.1 Å². The molecule has 5 heteroatoms. The quantitative estimate of drug-likeness (QED) is 0.655. The lowest BCUT2D eigenvalue weighted by Crippen LogP contribution is -2.08. The van der Waals surface area contributed by atoms with Crippen LogP contribution in [-0.4, -0.2) is 13.0 Å². The summed E-state index contributed by atoms with van der Waals surface area (Å²) in [7, 11) is -4.20. The Labute approximate surface area is 118 Å². The summed E-state index contributed by atoms with van der Waals surface area (Å²) in [6, 6.07) is 15.5. The summed E-state index contributed by atoms with van der Waals surface area (Å²) in [5, 5.41) is 3.16. The van der Waals surface area contributed by atoms with Gasteiger partial charge in [0.2, 0.25) is 0 Å². The predicted molar refractivity (Wildman–Crippen MR) is 79.3 cm³/mol. The Morgan fingerprint density at radius 3 is 2.40 bits per heavy atom. The van der Waals surface area contributed by atoms with Crippen LogP contribution >= 0.6 is 0 Å². The molecule has 0 heterocycles. The maximum Gasteiger partial charge on any atom is 0.294 e. The van der Waals surface area contributed by atoms with Crippen molar-refractivity contribution in [3.63, 3.8) is 0 Å². The molecule has 0 fully saturated rings. The van der Waals surface area contributed by atoms with Gasteiger partial charge in [-0.25, -0.2) is 0 Å². The molecule has 0 spiro atoms. The Hall–Kier alpha value is -2.11. The minimum atomic E-state index is -4.20. The zero-order chi connectivity index (χ0) is 14.6. The van der Waals surface area contributed by atoms with Crippen LogP contribution in [0.4, 0.5) is 5.69 Å². The third-order valence-corrected chi connectivity index (χ3v) is 3.70. The molecule has 2 aromatic carbocycles. The fourth-order valence-corrected chi connectivity index (χ4v) is 2.39. The molecule has 2 N–H and O–H groups in total. The molecule has 104 valence electrons. The van der Waals surface area contributed by atoms with Crippen LogP contribution in [0.5, 0.6) is 0 Å². The molecule has 2 aromatic rings. The molecule has 1 atom stereocenters. The van der Waals surface area contributed by atoms with Gasteiger partial charge in [0.15, 0.2) is 0 Å². The van der Waals surface area contributed by atoms with Crippen molar-refractivity contribution in [3.05, 3.63) is 72.8 Å². The smallest absolute Gasteiger partial charge is 0.294 e. The summed E-state index contributed by atoms with van der Waals surface area (Å²) in [5.74, 6) is 0. The van der Waals surface area contributed by atoms with Crippen molar-refractivity contribution < 1.29 is 13.0 Å². The second-order valence-corrected chi connectivity index (χ2v) is 5.69. The van der Waals surface area contributed by atoms with Crippen LogP contribution in [0.1, 0.15) is 11.6 Å². The van der Waals surface area contributed by atoms with E-state index in [0.717, 1.165) is 5.56 Å². The molecule has 4 nitrogen and oxygen atoms in total. The second kappa shape index (κ2) is 5.90. The Morgan fingerprint density at radius 2 is 1.80 bits per heavy atom. The van der Waals surface area contributed by atoms with E-state index in [0.29, 0.717) is 5.69 Å². The van der Waals surface area contributed by atoms with Crippen LogP contribution in [0, 0.1) is 0 Å². The van der Waals surface area contributed by atoms with Gasteiger partial charge in [-0.2, -0.15) is 8.42 Å². The van der Waals surface area contributed by atoms with E-state index in [1.54, 1.807) is 18.2 Å². The van der Waals surface area contributed by atoms with E-state index < -0.39 is 10.1 Å². The fourth-order valence-electron chi connectivity index (χ4n) is 1.86. The number of hydrogen-bond acceptors (Lipinski definition) is 3. The van der Waals surface area contributed by atoms with Gasteiger partial charge in [-0.1, -0.05) is 42.5 Å². The maximum absolute atomic E-state index is 11.1. The average molecular weight is 289 g/mol. The maximum atomic E-state index is 11.1. The zero-order valence-corrected chi connectivity index (χ0v) is 11.5. The van der Waals surface area contributed by atoms with Crippen LogP contribution in [0.25, 0.3) is 0 Å². The molecule has 0 radical (unpaired) electrons. The standard InChI is InChI=1S/C15H15NO3S/c1-2-15(12-7-4-3-5-8-12)16-13-9-6-10-14(11-13)20(17,18)19/h2-11,15-16H,1H2,(H,17,18,19). The van der Waals surface area contributed by atoms with Gasteiger partial charge >= 0.3 is 0 Å². The topological polar surface area (TPSA) is 66.4 Å². The van der Waals surface area contributed by atoms with E-state index in [2.05, 4.69) is 11.9 Å². The lowest BCUT2D eigenvalue weighted by Gasteiger charge is -2.17. The summed E-state index contributed by atoms with van der Waals surface area (Å²) in [5.41, 5.74) is 1.61. The molecule has 0 saturated carbocycles. The van der Waals surface area contributed by atoms with Crippen LogP contribution in [0.3, 0.4) is 0 Å². The fraction of sp³-hybridized carbons (Fsp3) is 0.0667. The van der Waals surface area contributed by atoms with Crippen molar-refractivity contribution in [1.29, 1.82) is 0 Å². The van der Waals surface area contributed by atoms with Crippen molar-refractivity contribution in [2.45, 2.75) is 10.9 Å². The van der Waals surface area contributed by atoms with Crippen LogP contribution in [-0.2, 0) is 10.1 Å². The first-order chi connectivity index (χ1) is 9.50. The van der Waals surface area contributed by atoms with Crippen LogP contribution in [0.15, 0.2) is 72.1 Å². The molecule has 2 rings (SSSR count). The Bertz CT molecular complexity index is 696. The van der Waals surface area contributed by atoms with E-state index in [1.807, 2.05) is 30.3 Å². The lowest BCUT2D eigenvalue weighted by molar-refractivity contribution is 0.483. The number of benzene rings is 2. The zero-order valence-electron chi connectivity index (χ0n) is 10.7. The van der Waals surface area contributed by atoms with E-state index in [9.17, 15) is 8.42 Å². The monoisotopic (exact) mass is 289 g/mol. The van der Waals surface area contributed by atoms with Crippen LogP contribution < -0.4 is 5.32 Å². The lowest BCUT2D eigenvalue weighted by atomic mass is 10.1. The molecule has 0 bridgehead atoms. The largest absolute Gasteiger partial charge is 0.375 e. The first kappa shape index (κ1) is 14.3. The molecule has 0 aliphatic rings. The van der Waals surface area contributed by atoms with E-state index in [4.69, 9.17) is 4.55 Å². The molecule has 1 unspecified atom stereocenters. The van der Waals surface area contributed by atoms with Crippen LogP contribution in [0.2, 0.25) is 0 Å². The van der Waals surface area contributed by atoms with Gasteiger partial charge < -0.3 is 5.32 Å². The minimum absolute atomic E-state index is 0.140. The van der Waals surface area contributed by atoms with Gasteiger partial charge in [-0.15, -0.1) is 6.58 Å². The predicted octanol–water partition coefficient (Wildman–Crippen LogP) is 3.27. The van der Waals surface area contributed by atoms with Crippen molar-refractivity contribution >= 4 is 15.8 Å². The van der Waals surface area contributed by atoms with Crippen molar-refractivity contribution in [3.8, 4) is 0 Å². The van der Waals surface area contributed by atoms with Gasteiger partial charge in [0.25, 0.3) is 10.1 Å². The number of nitrogens with one attached hydrogen (secondary N) is 1. The molecular formula is C15H15NO3S. The molecular weight excluding hydrogens is 274 g/mol. The highest BCUT2D eigenvalue weighted by atomic mass is 32.2. The Morgan fingerprint density at radius 1 is 1.10 bits per heavy atom. The molecule has 0 aromatic heterocycles. The molecule has 20 heavy (non-hydrogen) atoms. The number of rotatable bonds is 5. The summed E-state index contributed by atoms with van der Waals surface area (Å²) in [4.78, 5) is -0.140. The highest BCUT2D eigenvalue weighted by Gasteiger charge is 2.11. The van der Waals surface area contributed by atoms with Crippen molar-refractivity contribution in [1.82, 2.24) is 0 Å². The molecule has 0 aliphatic carbocycles. The third kappa shape index (κ3) is 3.46. The number of hydrogen-bond donors (Lipinski definition) is 2. The molecule has 0 saturated heterocycles. The van der Waals surface area contributed by atoms with Gasteiger partial charge in [0, 0.05) is 5.69 Å².